The number of nitrogens with zero attached hydrogens (tertiary/aromatic N) is 3. The second-order valence-corrected chi connectivity index (χ2v) is 12.7. The zero-order valence-corrected chi connectivity index (χ0v) is 25.7. The lowest BCUT2D eigenvalue weighted by atomic mass is 9.71. The van der Waals surface area contributed by atoms with Crippen molar-refractivity contribution in [2.45, 2.75) is 73.1 Å². The monoisotopic (exact) mass is 551 g/mol. The van der Waals surface area contributed by atoms with E-state index >= 15 is 0 Å². The molecule has 2 atom stereocenters. The van der Waals surface area contributed by atoms with Crippen LogP contribution in [-0.4, -0.2) is 29.6 Å². The smallest absolute Gasteiger partial charge is 0.150 e. The number of hydrogen-bond donors (Lipinski definition) is 2. The summed E-state index contributed by atoms with van der Waals surface area (Å²) in [6.07, 6.45) is 3.03. The van der Waals surface area contributed by atoms with Crippen molar-refractivity contribution in [1.29, 1.82) is 0 Å². The van der Waals surface area contributed by atoms with Crippen LogP contribution in [0.5, 0.6) is 5.75 Å². The Morgan fingerprint density at radius 3 is 2.56 bits per heavy atom. The molecule has 0 spiro atoms. The van der Waals surface area contributed by atoms with Crippen LogP contribution in [0.25, 0.3) is 10.8 Å². The van der Waals surface area contributed by atoms with E-state index in [1.54, 1.807) is 5.01 Å². The van der Waals surface area contributed by atoms with Gasteiger partial charge in [-0.2, -0.15) is 0 Å². The SMILES string of the molecule is CCC1CN(Cc2cc(C(c3ccc(N(C)N)c(N)c3C)C(C)(C)C)ccc2C)Cc2ncc3ccccc3c2O1. The van der Waals surface area contributed by atoms with Crippen molar-refractivity contribution in [3.8, 4) is 5.75 Å². The van der Waals surface area contributed by atoms with Crippen LogP contribution < -0.4 is 21.3 Å². The minimum absolute atomic E-state index is 0.0203. The van der Waals surface area contributed by atoms with Crippen LogP contribution in [0.4, 0.5) is 11.4 Å². The van der Waals surface area contributed by atoms with Crippen molar-refractivity contribution in [2.75, 3.05) is 24.3 Å². The van der Waals surface area contributed by atoms with E-state index in [0.29, 0.717) is 0 Å². The number of fused-ring (bicyclic) bond motifs is 3. The molecule has 4 N–H and O–H groups in total. The van der Waals surface area contributed by atoms with Crippen molar-refractivity contribution in [2.24, 2.45) is 11.3 Å². The van der Waals surface area contributed by atoms with Gasteiger partial charge in [0, 0.05) is 49.6 Å². The maximum atomic E-state index is 6.60. The lowest BCUT2D eigenvalue weighted by Gasteiger charge is -2.34. The topological polar surface area (TPSA) is 80.6 Å². The summed E-state index contributed by atoms with van der Waals surface area (Å²) in [6, 6.07) is 19.6. The van der Waals surface area contributed by atoms with Gasteiger partial charge in [-0.25, -0.2) is 5.84 Å². The summed E-state index contributed by atoms with van der Waals surface area (Å²) in [6.45, 7) is 15.9. The van der Waals surface area contributed by atoms with Crippen LogP contribution in [0.2, 0.25) is 0 Å². The first-order chi connectivity index (χ1) is 19.5. The molecule has 0 radical (unpaired) electrons. The molecule has 2 unspecified atom stereocenters. The molecule has 0 aliphatic carbocycles. The van der Waals surface area contributed by atoms with Gasteiger partial charge in [-0.3, -0.25) is 9.88 Å². The summed E-state index contributed by atoms with van der Waals surface area (Å²) in [5, 5.41) is 3.85. The molecule has 216 valence electrons. The van der Waals surface area contributed by atoms with E-state index in [1.807, 2.05) is 19.3 Å². The first-order valence-electron chi connectivity index (χ1n) is 14.7. The van der Waals surface area contributed by atoms with E-state index < -0.39 is 0 Å². The number of rotatable bonds is 6. The predicted octanol–water partition coefficient (Wildman–Crippen LogP) is 7.09. The predicted molar refractivity (Wildman–Crippen MR) is 171 cm³/mol. The Kier molecular flexibility index (Phi) is 8.00. The normalized spacial score (nSPS) is 16.6. The average Bonchev–Trinajstić information content (AvgIpc) is 3.11. The van der Waals surface area contributed by atoms with Gasteiger partial charge in [0.05, 0.1) is 17.1 Å². The van der Waals surface area contributed by atoms with Gasteiger partial charge in [-0.1, -0.05) is 76.2 Å². The second kappa shape index (κ2) is 11.3. The maximum Gasteiger partial charge on any atom is 0.150 e. The summed E-state index contributed by atoms with van der Waals surface area (Å²) >= 11 is 0. The molecule has 0 saturated heterocycles. The molecule has 6 nitrogen and oxygen atoms in total. The van der Waals surface area contributed by atoms with Crippen LogP contribution in [-0.2, 0) is 13.1 Å². The highest BCUT2D eigenvalue weighted by Crippen LogP contribution is 2.44. The van der Waals surface area contributed by atoms with Gasteiger partial charge in [-0.05, 0) is 59.6 Å². The fraction of sp³-hybridized carbons (Fsp3) is 0.400. The molecule has 0 saturated carbocycles. The highest BCUT2D eigenvalue weighted by atomic mass is 16.5. The van der Waals surface area contributed by atoms with E-state index in [9.17, 15) is 0 Å². The maximum absolute atomic E-state index is 6.60. The number of nitrogen functional groups attached to an aromatic ring is 1. The molecular weight excluding hydrogens is 506 g/mol. The quantitative estimate of drug-likeness (QED) is 0.151. The van der Waals surface area contributed by atoms with Crippen molar-refractivity contribution in [3.63, 3.8) is 0 Å². The number of nitrogens with two attached hydrogens (primary N) is 2. The highest BCUT2D eigenvalue weighted by molar-refractivity contribution is 5.88. The Hall–Kier alpha value is -3.61. The minimum Gasteiger partial charge on any atom is -0.486 e. The highest BCUT2D eigenvalue weighted by Gasteiger charge is 2.31. The second-order valence-electron chi connectivity index (χ2n) is 12.7. The van der Waals surface area contributed by atoms with E-state index in [1.165, 1.54) is 22.3 Å². The Morgan fingerprint density at radius 1 is 1.10 bits per heavy atom. The first-order valence-corrected chi connectivity index (χ1v) is 14.7. The number of aromatic nitrogens is 1. The van der Waals surface area contributed by atoms with E-state index in [2.05, 4.69) is 95.0 Å². The molecule has 1 aliphatic rings. The molecule has 2 heterocycles. The number of hydrazine groups is 1. The molecule has 0 bridgehead atoms. The summed E-state index contributed by atoms with van der Waals surface area (Å²) < 4.78 is 6.60. The average molecular weight is 552 g/mol. The van der Waals surface area contributed by atoms with Crippen molar-refractivity contribution < 1.29 is 4.74 Å². The largest absolute Gasteiger partial charge is 0.486 e. The van der Waals surface area contributed by atoms with Crippen molar-refractivity contribution >= 4 is 22.1 Å². The minimum atomic E-state index is -0.0203. The summed E-state index contributed by atoms with van der Waals surface area (Å²) in [7, 11) is 1.83. The zero-order valence-electron chi connectivity index (χ0n) is 25.7. The lowest BCUT2D eigenvalue weighted by molar-refractivity contribution is 0.140. The number of benzene rings is 3. The molecule has 1 aromatic heterocycles. The van der Waals surface area contributed by atoms with Gasteiger partial charge in [0.1, 0.15) is 11.9 Å². The van der Waals surface area contributed by atoms with Gasteiger partial charge >= 0.3 is 0 Å². The molecule has 0 fully saturated rings. The molecule has 0 amide bonds. The van der Waals surface area contributed by atoms with Crippen LogP contribution in [0.15, 0.2) is 60.8 Å². The molecule has 5 rings (SSSR count). The Labute approximate surface area is 245 Å². The lowest BCUT2D eigenvalue weighted by Crippen LogP contribution is -2.32. The van der Waals surface area contributed by atoms with Crippen LogP contribution in [0.3, 0.4) is 0 Å². The third-order valence-corrected chi connectivity index (χ3v) is 8.59. The van der Waals surface area contributed by atoms with Gasteiger partial charge in [0.15, 0.2) is 0 Å². The van der Waals surface area contributed by atoms with E-state index in [-0.39, 0.29) is 17.4 Å². The van der Waals surface area contributed by atoms with E-state index in [4.69, 9.17) is 21.3 Å². The van der Waals surface area contributed by atoms with Crippen LogP contribution in [0, 0.1) is 19.3 Å². The molecule has 41 heavy (non-hydrogen) atoms. The van der Waals surface area contributed by atoms with E-state index in [0.717, 1.165) is 65.2 Å². The van der Waals surface area contributed by atoms with Gasteiger partial charge < -0.3 is 15.5 Å². The van der Waals surface area contributed by atoms with Crippen molar-refractivity contribution in [1.82, 2.24) is 9.88 Å². The number of hydrogen-bond acceptors (Lipinski definition) is 6. The Bertz CT molecular complexity index is 1550. The fourth-order valence-electron chi connectivity index (χ4n) is 6.30. The van der Waals surface area contributed by atoms with Gasteiger partial charge in [0.25, 0.3) is 0 Å². The number of pyridine rings is 1. The number of aryl methyl sites for hydroxylation is 1. The van der Waals surface area contributed by atoms with Gasteiger partial charge in [0.2, 0.25) is 0 Å². The van der Waals surface area contributed by atoms with Crippen LogP contribution >= 0.6 is 0 Å². The fourth-order valence-corrected chi connectivity index (χ4v) is 6.30. The van der Waals surface area contributed by atoms with Gasteiger partial charge in [-0.15, -0.1) is 0 Å². The summed E-state index contributed by atoms with van der Waals surface area (Å²) in [5.74, 6) is 7.17. The Balaban J connectivity index is 1.51. The summed E-state index contributed by atoms with van der Waals surface area (Å²) in [5.41, 5.74) is 15.4. The molecule has 4 aromatic rings. The first kappa shape index (κ1) is 28.9. The third-order valence-electron chi connectivity index (χ3n) is 8.59. The molecule has 1 aliphatic heterocycles. The standard InChI is InChI=1S/C35H45N5O/c1-8-27-20-40(21-30-34(41-27)29-12-10-9-11-25(29)18-38-30)19-26-17-24(14-13-22(26)2)32(35(4,5)6)28-15-16-31(39(7)37)33(36)23(28)3/h9-18,27,32H,8,19-21,36-37H2,1-7H3. The Morgan fingerprint density at radius 2 is 1.85 bits per heavy atom. The third kappa shape index (κ3) is 5.77. The van der Waals surface area contributed by atoms with Crippen molar-refractivity contribution in [3.05, 3.63) is 94.3 Å². The molecule has 6 heteroatoms. The summed E-state index contributed by atoms with van der Waals surface area (Å²) in [4.78, 5) is 7.35. The number of ether oxygens (including phenoxy) is 1. The molecule has 3 aromatic carbocycles. The number of anilines is 2. The van der Waals surface area contributed by atoms with Crippen LogP contribution in [0.1, 0.15) is 73.5 Å². The molecular formula is C35H45N5O. The zero-order chi connectivity index (χ0) is 29.5.